The Morgan fingerprint density at radius 2 is 2.08 bits per heavy atom. The van der Waals surface area contributed by atoms with Gasteiger partial charge in [-0.25, -0.2) is 4.90 Å². The predicted octanol–water partition coefficient (Wildman–Crippen LogP) is 2.37. The van der Waals surface area contributed by atoms with Crippen molar-refractivity contribution in [2.24, 2.45) is 11.8 Å². The molecule has 1 aromatic carbocycles. The lowest BCUT2D eigenvalue weighted by molar-refractivity contribution is -0.384. The van der Waals surface area contributed by atoms with Crippen LogP contribution in [0.5, 0.6) is 0 Å². The second-order valence-corrected chi connectivity index (χ2v) is 5.96. The second-order valence-electron chi connectivity index (χ2n) is 5.96. The number of nitrogens with zero attached hydrogens (tertiary/aromatic N) is 2. The molecule has 0 N–H and O–H groups in total. The molecule has 126 valence electrons. The summed E-state index contributed by atoms with van der Waals surface area (Å²) in [6.45, 7) is 3.95. The van der Waals surface area contributed by atoms with Crippen molar-refractivity contribution in [2.45, 2.75) is 26.4 Å². The summed E-state index contributed by atoms with van der Waals surface area (Å²) in [5, 5.41) is 10.9. The molecule has 0 radical (unpaired) electrons. The Labute approximate surface area is 139 Å². The Kier molecular flexibility index (Phi) is 4.19. The van der Waals surface area contributed by atoms with Gasteiger partial charge in [-0.1, -0.05) is 12.2 Å². The first kappa shape index (κ1) is 16.3. The summed E-state index contributed by atoms with van der Waals surface area (Å²) in [5.41, 5.74) is 0.854. The molecule has 0 spiro atoms. The number of rotatable bonds is 4. The van der Waals surface area contributed by atoms with Crippen LogP contribution in [0.1, 0.15) is 18.9 Å². The summed E-state index contributed by atoms with van der Waals surface area (Å²) in [4.78, 5) is 37.1. The van der Waals surface area contributed by atoms with Crippen molar-refractivity contribution < 1.29 is 19.2 Å². The van der Waals surface area contributed by atoms with E-state index in [2.05, 4.69) is 0 Å². The number of carbonyl (C=O) groups is 2. The molecule has 1 fully saturated rings. The maximum atomic E-state index is 12.9. The zero-order valence-electron chi connectivity index (χ0n) is 13.5. The molecule has 1 aliphatic carbocycles. The van der Waals surface area contributed by atoms with E-state index in [9.17, 15) is 19.7 Å². The molecular formula is C17H18N2O5. The first-order valence-corrected chi connectivity index (χ1v) is 7.86. The van der Waals surface area contributed by atoms with Crippen molar-refractivity contribution in [3.8, 4) is 0 Å². The molecule has 24 heavy (non-hydrogen) atoms. The van der Waals surface area contributed by atoms with Crippen LogP contribution in [0.2, 0.25) is 0 Å². The Balaban J connectivity index is 1.97. The maximum absolute atomic E-state index is 12.9. The number of nitro benzene ring substituents is 1. The number of carbonyl (C=O) groups excluding carboxylic acids is 2. The van der Waals surface area contributed by atoms with E-state index < -0.39 is 22.9 Å². The molecule has 1 aliphatic heterocycles. The molecule has 7 heteroatoms. The summed E-state index contributed by atoms with van der Waals surface area (Å²) in [5.74, 6) is -1.54. The van der Waals surface area contributed by atoms with Crippen molar-refractivity contribution in [1.82, 2.24) is 0 Å². The highest BCUT2D eigenvalue weighted by Crippen LogP contribution is 2.40. The largest absolute Gasteiger partial charge is 0.374 e. The predicted molar refractivity (Wildman–Crippen MR) is 86.5 cm³/mol. The molecule has 1 heterocycles. The number of allylic oxidation sites excluding steroid dienone is 1. The molecule has 3 rings (SSSR count). The molecule has 1 aromatic rings. The standard InChI is InChI=1S/C17H18N2O5/c1-3-24-14-6-4-5-12-15(14)17(21)18(16(12)20)13-8-7-11(19(22)23)9-10(13)2/h4,6-9,12,14-15H,3,5H2,1-2H3. The number of aryl methyl sites for hydroxylation is 1. The monoisotopic (exact) mass is 330 g/mol. The van der Waals surface area contributed by atoms with Gasteiger partial charge in [0, 0.05) is 18.7 Å². The number of anilines is 1. The number of hydrogen-bond acceptors (Lipinski definition) is 5. The minimum atomic E-state index is -0.531. The van der Waals surface area contributed by atoms with Gasteiger partial charge in [-0.15, -0.1) is 0 Å². The van der Waals surface area contributed by atoms with Gasteiger partial charge >= 0.3 is 0 Å². The third kappa shape index (κ3) is 2.50. The van der Waals surface area contributed by atoms with Crippen LogP contribution in [0.25, 0.3) is 0 Å². The van der Waals surface area contributed by atoms with Crippen molar-refractivity contribution >= 4 is 23.2 Å². The molecular weight excluding hydrogens is 312 g/mol. The molecule has 0 aromatic heterocycles. The quantitative estimate of drug-likeness (QED) is 0.366. The van der Waals surface area contributed by atoms with Crippen molar-refractivity contribution in [3.05, 3.63) is 46.0 Å². The fourth-order valence-corrected chi connectivity index (χ4v) is 3.44. The van der Waals surface area contributed by atoms with Crippen molar-refractivity contribution in [2.75, 3.05) is 11.5 Å². The van der Waals surface area contributed by atoms with Gasteiger partial charge in [0.2, 0.25) is 11.8 Å². The number of amides is 2. The van der Waals surface area contributed by atoms with Gasteiger partial charge in [0.05, 0.1) is 28.6 Å². The topological polar surface area (TPSA) is 89.8 Å². The van der Waals surface area contributed by atoms with Gasteiger partial charge in [-0.05, 0) is 31.9 Å². The smallest absolute Gasteiger partial charge is 0.269 e. The number of nitro groups is 1. The zero-order valence-corrected chi connectivity index (χ0v) is 13.5. The van der Waals surface area contributed by atoms with Gasteiger partial charge < -0.3 is 4.74 Å². The highest BCUT2D eigenvalue weighted by molar-refractivity contribution is 6.22. The molecule has 7 nitrogen and oxygen atoms in total. The number of imide groups is 1. The van der Waals surface area contributed by atoms with Gasteiger partial charge in [0.1, 0.15) is 0 Å². The minimum absolute atomic E-state index is 0.0679. The lowest BCUT2D eigenvalue weighted by Crippen LogP contribution is -2.35. The van der Waals surface area contributed by atoms with Crippen LogP contribution in [0, 0.1) is 28.9 Å². The van der Waals surface area contributed by atoms with Crippen LogP contribution < -0.4 is 4.90 Å². The summed E-state index contributed by atoms with van der Waals surface area (Å²) >= 11 is 0. The van der Waals surface area contributed by atoms with Crippen LogP contribution in [0.3, 0.4) is 0 Å². The molecule has 1 saturated heterocycles. The van der Waals surface area contributed by atoms with E-state index in [0.29, 0.717) is 24.3 Å². The van der Waals surface area contributed by atoms with Crippen LogP contribution in [-0.2, 0) is 14.3 Å². The SMILES string of the molecule is CCOC1C=CCC2C(=O)N(c3ccc([N+](=O)[O-])cc3C)C(=O)C12. The Morgan fingerprint density at radius 3 is 2.71 bits per heavy atom. The fraction of sp³-hybridized carbons (Fsp3) is 0.412. The van der Waals surface area contributed by atoms with E-state index in [1.807, 2.05) is 19.1 Å². The van der Waals surface area contributed by atoms with Gasteiger partial charge in [-0.2, -0.15) is 0 Å². The van der Waals surface area contributed by atoms with E-state index >= 15 is 0 Å². The number of fused-ring (bicyclic) bond motifs is 1. The molecule has 0 bridgehead atoms. The lowest BCUT2D eigenvalue weighted by atomic mass is 9.83. The molecule has 2 amide bonds. The zero-order chi connectivity index (χ0) is 17.4. The summed E-state index contributed by atoms with van der Waals surface area (Å²) in [6.07, 6.45) is 3.80. The average molecular weight is 330 g/mol. The third-order valence-corrected chi connectivity index (χ3v) is 4.54. The van der Waals surface area contributed by atoms with E-state index in [0.717, 1.165) is 4.90 Å². The number of hydrogen-bond donors (Lipinski definition) is 0. The van der Waals surface area contributed by atoms with Crippen LogP contribution >= 0.6 is 0 Å². The Hall–Kier alpha value is -2.54. The number of ether oxygens (including phenoxy) is 1. The van der Waals surface area contributed by atoms with E-state index in [-0.39, 0.29) is 17.5 Å². The fourth-order valence-electron chi connectivity index (χ4n) is 3.44. The Morgan fingerprint density at radius 1 is 1.33 bits per heavy atom. The normalized spacial score (nSPS) is 25.9. The summed E-state index contributed by atoms with van der Waals surface area (Å²) in [7, 11) is 0. The van der Waals surface area contributed by atoms with Crippen molar-refractivity contribution in [1.29, 1.82) is 0 Å². The number of benzene rings is 1. The van der Waals surface area contributed by atoms with E-state index in [1.54, 1.807) is 6.92 Å². The Bertz CT molecular complexity index is 742. The summed E-state index contributed by atoms with van der Waals surface area (Å²) in [6, 6.07) is 4.14. The first-order valence-electron chi connectivity index (χ1n) is 7.86. The molecule has 3 atom stereocenters. The second kappa shape index (κ2) is 6.16. The minimum Gasteiger partial charge on any atom is -0.374 e. The molecule has 2 aliphatic rings. The van der Waals surface area contributed by atoms with Gasteiger partial charge in [0.25, 0.3) is 5.69 Å². The van der Waals surface area contributed by atoms with Crippen LogP contribution in [0.15, 0.2) is 30.4 Å². The van der Waals surface area contributed by atoms with Crippen LogP contribution in [-0.4, -0.2) is 29.4 Å². The van der Waals surface area contributed by atoms with Crippen molar-refractivity contribution in [3.63, 3.8) is 0 Å². The third-order valence-electron chi connectivity index (χ3n) is 4.54. The highest BCUT2D eigenvalue weighted by atomic mass is 16.6. The molecule has 3 unspecified atom stereocenters. The van der Waals surface area contributed by atoms with Gasteiger partial charge in [0.15, 0.2) is 0 Å². The van der Waals surface area contributed by atoms with Crippen LogP contribution in [0.4, 0.5) is 11.4 Å². The average Bonchev–Trinajstić information content (AvgIpc) is 2.80. The summed E-state index contributed by atoms with van der Waals surface area (Å²) < 4.78 is 5.60. The van der Waals surface area contributed by atoms with E-state index in [4.69, 9.17) is 4.74 Å². The van der Waals surface area contributed by atoms with E-state index in [1.165, 1.54) is 18.2 Å². The maximum Gasteiger partial charge on any atom is 0.269 e. The molecule has 0 saturated carbocycles. The highest BCUT2D eigenvalue weighted by Gasteiger charge is 2.52. The van der Waals surface area contributed by atoms with Gasteiger partial charge in [-0.3, -0.25) is 19.7 Å². The first-order chi connectivity index (χ1) is 11.5. The number of non-ortho nitro benzene ring substituents is 1. The lowest BCUT2D eigenvalue weighted by Gasteiger charge is -2.25.